The maximum Gasteiger partial charge on any atom is 0.138 e. The van der Waals surface area contributed by atoms with Crippen LogP contribution in [0.25, 0.3) is 10.2 Å². The van der Waals surface area contributed by atoms with E-state index in [0.717, 1.165) is 22.6 Å². The molecule has 16 heavy (non-hydrogen) atoms. The first-order chi connectivity index (χ1) is 7.74. The second-order valence-electron chi connectivity index (χ2n) is 3.57. The van der Waals surface area contributed by atoms with E-state index in [9.17, 15) is 0 Å². The summed E-state index contributed by atoms with van der Waals surface area (Å²) in [6, 6.07) is 0. The first kappa shape index (κ1) is 10.9. The molecule has 2 aromatic rings. The van der Waals surface area contributed by atoms with Crippen molar-refractivity contribution in [2.75, 3.05) is 11.9 Å². The summed E-state index contributed by atoms with van der Waals surface area (Å²) in [5, 5.41) is 4.38. The van der Waals surface area contributed by atoms with Crippen molar-refractivity contribution in [2.45, 2.75) is 20.3 Å². The molecule has 0 radical (unpaired) electrons. The van der Waals surface area contributed by atoms with Crippen molar-refractivity contribution in [1.82, 2.24) is 9.97 Å². The van der Waals surface area contributed by atoms with E-state index in [0.29, 0.717) is 6.42 Å². The largest absolute Gasteiger partial charge is 0.368 e. The second kappa shape index (κ2) is 4.50. The molecule has 1 N–H and O–H groups in total. The molecule has 4 heteroatoms. The van der Waals surface area contributed by atoms with Crippen molar-refractivity contribution in [3.8, 4) is 12.3 Å². The zero-order valence-corrected chi connectivity index (χ0v) is 10.2. The lowest BCUT2D eigenvalue weighted by atomic mass is 10.2. The van der Waals surface area contributed by atoms with Gasteiger partial charge in [0.05, 0.1) is 5.39 Å². The van der Waals surface area contributed by atoms with Crippen LogP contribution in [0.1, 0.15) is 16.9 Å². The van der Waals surface area contributed by atoms with Crippen molar-refractivity contribution in [3.05, 3.63) is 16.8 Å². The SMILES string of the molecule is C#CCCNc1ncnc2sc(C)c(C)c12. The predicted octanol–water partition coefficient (Wildman–Crippen LogP) is 2.74. The summed E-state index contributed by atoms with van der Waals surface area (Å²) in [4.78, 5) is 10.9. The van der Waals surface area contributed by atoms with E-state index in [1.807, 2.05) is 0 Å². The highest BCUT2D eigenvalue weighted by Gasteiger charge is 2.10. The molecule has 82 valence electrons. The lowest BCUT2D eigenvalue weighted by Gasteiger charge is -2.04. The van der Waals surface area contributed by atoms with E-state index < -0.39 is 0 Å². The Bertz CT molecular complexity index is 551. The normalized spacial score (nSPS) is 10.3. The van der Waals surface area contributed by atoms with Gasteiger partial charge in [0, 0.05) is 17.8 Å². The van der Waals surface area contributed by atoms with Gasteiger partial charge in [0.1, 0.15) is 17.0 Å². The van der Waals surface area contributed by atoms with Crippen LogP contribution in [-0.2, 0) is 0 Å². The Hall–Kier alpha value is -1.60. The van der Waals surface area contributed by atoms with Gasteiger partial charge in [-0.1, -0.05) is 0 Å². The summed E-state index contributed by atoms with van der Waals surface area (Å²) in [7, 11) is 0. The molecular weight excluding hydrogens is 218 g/mol. The van der Waals surface area contributed by atoms with Crippen LogP contribution in [0.15, 0.2) is 6.33 Å². The maximum absolute atomic E-state index is 5.22. The number of fused-ring (bicyclic) bond motifs is 1. The lowest BCUT2D eigenvalue weighted by Crippen LogP contribution is -2.03. The fourth-order valence-electron chi connectivity index (χ4n) is 1.57. The third-order valence-corrected chi connectivity index (χ3v) is 3.64. The molecule has 0 aliphatic rings. The molecule has 2 heterocycles. The molecule has 0 aromatic carbocycles. The highest BCUT2D eigenvalue weighted by Crippen LogP contribution is 2.32. The molecule has 2 aromatic heterocycles. The Morgan fingerprint density at radius 2 is 2.25 bits per heavy atom. The number of anilines is 1. The van der Waals surface area contributed by atoms with Crippen LogP contribution >= 0.6 is 11.3 Å². The van der Waals surface area contributed by atoms with Crippen LogP contribution in [-0.4, -0.2) is 16.5 Å². The molecule has 0 fully saturated rings. The van der Waals surface area contributed by atoms with E-state index >= 15 is 0 Å². The highest BCUT2D eigenvalue weighted by atomic mass is 32.1. The van der Waals surface area contributed by atoms with Gasteiger partial charge in [-0.2, -0.15) is 0 Å². The average Bonchev–Trinajstić information content (AvgIpc) is 2.56. The number of hydrogen-bond donors (Lipinski definition) is 1. The number of hydrogen-bond acceptors (Lipinski definition) is 4. The van der Waals surface area contributed by atoms with Crippen molar-refractivity contribution in [2.24, 2.45) is 0 Å². The van der Waals surface area contributed by atoms with E-state index in [1.54, 1.807) is 17.7 Å². The molecule has 0 unspecified atom stereocenters. The molecule has 3 nitrogen and oxygen atoms in total. The minimum absolute atomic E-state index is 0.702. The molecule has 0 bridgehead atoms. The highest BCUT2D eigenvalue weighted by molar-refractivity contribution is 7.18. The number of aromatic nitrogens is 2. The van der Waals surface area contributed by atoms with Gasteiger partial charge in [0.2, 0.25) is 0 Å². The van der Waals surface area contributed by atoms with E-state index in [2.05, 4.69) is 35.1 Å². The Morgan fingerprint density at radius 3 is 3.00 bits per heavy atom. The van der Waals surface area contributed by atoms with Crippen LogP contribution in [0.4, 0.5) is 5.82 Å². The van der Waals surface area contributed by atoms with Crippen LogP contribution in [0.2, 0.25) is 0 Å². The minimum atomic E-state index is 0.702. The van der Waals surface area contributed by atoms with Crippen LogP contribution < -0.4 is 5.32 Å². The van der Waals surface area contributed by atoms with E-state index in [4.69, 9.17) is 6.42 Å². The third kappa shape index (κ3) is 1.86. The van der Waals surface area contributed by atoms with Crippen molar-refractivity contribution < 1.29 is 0 Å². The van der Waals surface area contributed by atoms with Crippen molar-refractivity contribution in [1.29, 1.82) is 0 Å². The summed E-state index contributed by atoms with van der Waals surface area (Å²) in [5.41, 5.74) is 1.25. The maximum atomic E-state index is 5.22. The first-order valence-electron chi connectivity index (χ1n) is 5.12. The Balaban J connectivity index is 2.41. The predicted molar refractivity (Wildman–Crippen MR) is 68.8 cm³/mol. The van der Waals surface area contributed by atoms with Gasteiger partial charge in [0.25, 0.3) is 0 Å². The van der Waals surface area contributed by atoms with Crippen LogP contribution in [0, 0.1) is 26.2 Å². The summed E-state index contributed by atoms with van der Waals surface area (Å²) in [5.74, 6) is 3.49. The molecule has 0 amide bonds. The summed E-state index contributed by atoms with van der Waals surface area (Å²) in [6.45, 7) is 4.95. The fraction of sp³-hybridized carbons (Fsp3) is 0.333. The van der Waals surface area contributed by atoms with Crippen LogP contribution in [0.3, 0.4) is 0 Å². The number of thiophene rings is 1. The van der Waals surface area contributed by atoms with Gasteiger partial charge in [-0.3, -0.25) is 0 Å². The topological polar surface area (TPSA) is 37.8 Å². The van der Waals surface area contributed by atoms with Gasteiger partial charge < -0.3 is 5.32 Å². The fourth-order valence-corrected chi connectivity index (χ4v) is 2.57. The number of terminal acetylenes is 1. The third-order valence-electron chi connectivity index (χ3n) is 2.53. The van der Waals surface area contributed by atoms with Gasteiger partial charge >= 0.3 is 0 Å². The zero-order valence-electron chi connectivity index (χ0n) is 9.37. The van der Waals surface area contributed by atoms with Gasteiger partial charge in [0.15, 0.2) is 0 Å². The summed E-state index contributed by atoms with van der Waals surface area (Å²) >= 11 is 1.70. The molecule has 0 atom stereocenters. The van der Waals surface area contributed by atoms with Gasteiger partial charge in [-0.25, -0.2) is 9.97 Å². The number of rotatable bonds is 3. The summed E-state index contributed by atoms with van der Waals surface area (Å²) < 4.78 is 0. The van der Waals surface area contributed by atoms with Crippen molar-refractivity contribution >= 4 is 27.4 Å². The van der Waals surface area contributed by atoms with Gasteiger partial charge in [-0.15, -0.1) is 23.7 Å². The molecule has 0 saturated carbocycles. The number of aryl methyl sites for hydroxylation is 2. The number of nitrogens with one attached hydrogen (secondary N) is 1. The van der Waals surface area contributed by atoms with E-state index in [-0.39, 0.29) is 0 Å². The van der Waals surface area contributed by atoms with E-state index in [1.165, 1.54) is 10.4 Å². The van der Waals surface area contributed by atoms with Crippen molar-refractivity contribution in [3.63, 3.8) is 0 Å². The van der Waals surface area contributed by atoms with Crippen LogP contribution in [0.5, 0.6) is 0 Å². The average molecular weight is 231 g/mol. The molecule has 2 rings (SSSR count). The molecular formula is C12H13N3S. The quantitative estimate of drug-likeness (QED) is 0.652. The second-order valence-corrected chi connectivity index (χ2v) is 4.77. The summed E-state index contributed by atoms with van der Waals surface area (Å²) in [6.07, 6.45) is 7.51. The molecule has 0 spiro atoms. The Kier molecular flexibility index (Phi) is 3.07. The Morgan fingerprint density at radius 1 is 1.44 bits per heavy atom. The monoisotopic (exact) mass is 231 g/mol. The zero-order chi connectivity index (χ0) is 11.5. The molecule has 0 aliphatic heterocycles. The first-order valence-corrected chi connectivity index (χ1v) is 5.93. The van der Waals surface area contributed by atoms with Gasteiger partial charge in [-0.05, 0) is 19.4 Å². The lowest BCUT2D eigenvalue weighted by molar-refractivity contribution is 1.07. The number of nitrogens with zero attached hydrogens (tertiary/aromatic N) is 2. The molecule has 0 saturated heterocycles. The smallest absolute Gasteiger partial charge is 0.138 e. The standard InChI is InChI=1S/C12H13N3S/c1-4-5-6-13-11-10-8(2)9(3)16-12(10)15-7-14-11/h1,7H,5-6H2,2-3H3,(H,13,14,15). The Labute approximate surface area is 98.9 Å². The molecule has 0 aliphatic carbocycles. The minimum Gasteiger partial charge on any atom is -0.368 e.